The predicted molar refractivity (Wildman–Crippen MR) is 108 cm³/mol. The highest BCUT2D eigenvalue weighted by Crippen LogP contribution is 2.24. The molecule has 26 heavy (non-hydrogen) atoms. The Morgan fingerprint density at radius 3 is 2.54 bits per heavy atom. The van der Waals surface area contributed by atoms with Crippen molar-refractivity contribution in [2.75, 3.05) is 32.7 Å². The second-order valence-corrected chi connectivity index (χ2v) is 8.07. The minimum Gasteiger partial charge on any atom is -0.343 e. The monoisotopic (exact) mass is 399 g/mol. The lowest BCUT2D eigenvalue weighted by Crippen LogP contribution is -2.41. The third-order valence-electron chi connectivity index (χ3n) is 5.36. The fourth-order valence-corrected chi connectivity index (χ4v) is 4.62. The van der Waals surface area contributed by atoms with Crippen LogP contribution in [0, 0.1) is 5.92 Å². The lowest BCUT2D eigenvalue weighted by molar-refractivity contribution is -0.138. The Balaban J connectivity index is 0.00000243. The molecule has 0 aliphatic carbocycles. The number of rotatable bonds is 6. The Labute approximate surface area is 166 Å². The number of hydrogen-bond donors (Lipinski definition) is 1. The van der Waals surface area contributed by atoms with Gasteiger partial charge in [-0.1, -0.05) is 6.92 Å². The number of amides is 2. The number of likely N-dealkylation sites (tertiary alicyclic amines) is 1. The maximum absolute atomic E-state index is 12.4. The molecule has 0 unspecified atom stereocenters. The van der Waals surface area contributed by atoms with E-state index < -0.39 is 0 Å². The molecule has 146 valence electrons. The van der Waals surface area contributed by atoms with E-state index in [2.05, 4.69) is 23.7 Å². The average Bonchev–Trinajstić information content (AvgIpc) is 3.12. The number of carbonyl (C=O) groups excluding carboxylic acids is 2. The van der Waals surface area contributed by atoms with Gasteiger partial charge in [0.15, 0.2) is 0 Å². The summed E-state index contributed by atoms with van der Waals surface area (Å²) in [5.74, 6) is 0.939. The fraction of sp³-hybridized carbons (Fsp3) is 0.684. The topological polar surface area (TPSA) is 52.7 Å². The lowest BCUT2D eigenvalue weighted by atomic mass is 9.96. The molecule has 0 saturated carbocycles. The zero-order valence-electron chi connectivity index (χ0n) is 15.5. The molecule has 1 fully saturated rings. The summed E-state index contributed by atoms with van der Waals surface area (Å²) in [5, 5.41) is 5.49. The summed E-state index contributed by atoms with van der Waals surface area (Å²) in [6.07, 6.45) is 3.78. The highest BCUT2D eigenvalue weighted by molar-refractivity contribution is 7.10. The summed E-state index contributed by atoms with van der Waals surface area (Å²) in [6.45, 7) is 7.35. The van der Waals surface area contributed by atoms with Crippen LogP contribution in [0.3, 0.4) is 0 Å². The smallest absolute Gasteiger partial charge is 0.223 e. The Hall–Kier alpha value is -1.11. The zero-order valence-corrected chi connectivity index (χ0v) is 17.2. The van der Waals surface area contributed by atoms with Gasteiger partial charge < -0.3 is 15.1 Å². The van der Waals surface area contributed by atoms with Crippen LogP contribution in [0.2, 0.25) is 0 Å². The molecule has 2 aliphatic rings. The molecule has 0 aromatic carbocycles. The van der Waals surface area contributed by atoms with Crippen LogP contribution in [0.5, 0.6) is 0 Å². The van der Waals surface area contributed by atoms with Gasteiger partial charge in [-0.25, -0.2) is 0 Å². The van der Waals surface area contributed by atoms with Crippen LogP contribution in [0.1, 0.15) is 43.0 Å². The number of nitrogens with zero attached hydrogens (tertiary/aromatic N) is 2. The van der Waals surface area contributed by atoms with Crippen LogP contribution in [0.15, 0.2) is 11.4 Å². The minimum absolute atomic E-state index is 0. The maximum Gasteiger partial charge on any atom is 0.223 e. The first-order chi connectivity index (χ1) is 12.2. The molecule has 2 aliphatic heterocycles. The van der Waals surface area contributed by atoms with Crippen LogP contribution < -0.4 is 5.32 Å². The van der Waals surface area contributed by atoms with Crippen molar-refractivity contribution >= 4 is 35.6 Å². The highest BCUT2D eigenvalue weighted by atomic mass is 35.5. The number of fused-ring (bicyclic) bond motifs is 1. The van der Waals surface area contributed by atoms with E-state index in [0.29, 0.717) is 25.3 Å². The van der Waals surface area contributed by atoms with Crippen LogP contribution in [0.25, 0.3) is 0 Å². The minimum atomic E-state index is 0. The Morgan fingerprint density at radius 1 is 1.15 bits per heavy atom. The van der Waals surface area contributed by atoms with Crippen molar-refractivity contribution in [3.05, 3.63) is 21.9 Å². The summed E-state index contributed by atoms with van der Waals surface area (Å²) < 4.78 is 0. The van der Waals surface area contributed by atoms with Gasteiger partial charge in [-0.2, -0.15) is 0 Å². The summed E-state index contributed by atoms with van der Waals surface area (Å²) in [6, 6.07) is 2.11. The molecule has 1 N–H and O–H groups in total. The summed E-state index contributed by atoms with van der Waals surface area (Å²) in [5.41, 5.74) is 1.28. The number of hydrogen-bond acceptors (Lipinski definition) is 4. The lowest BCUT2D eigenvalue weighted by Gasteiger charge is -2.32. The predicted octanol–water partition coefficient (Wildman–Crippen LogP) is 2.68. The molecule has 0 spiro atoms. The molecule has 1 aromatic heterocycles. The molecule has 1 aromatic rings. The third-order valence-corrected chi connectivity index (χ3v) is 6.39. The molecule has 3 heterocycles. The van der Waals surface area contributed by atoms with Crippen LogP contribution in [-0.4, -0.2) is 54.3 Å². The number of halogens is 1. The zero-order chi connectivity index (χ0) is 17.6. The fourth-order valence-electron chi connectivity index (χ4n) is 3.73. The van der Waals surface area contributed by atoms with Gasteiger partial charge in [-0.3, -0.25) is 9.59 Å². The number of nitrogens with one attached hydrogen (secondary N) is 1. The second kappa shape index (κ2) is 10.3. The Bertz CT molecular complexity index is 599. The second-order valence-electron chi connectivity index (χ2n) is 7.07. The van der Waals surface area contributed by atoms with Crippen LogP contribution >= 0.6 is 23.7 Å². The summed E-state index contributed by atoms with van der Waals surface area (Å²) in [7, 11) is 0. The molecule has 1 saturated heterocycles. The molecule has 5 nitrogen and oxygen atoms in total. The maximum atomic E-state index is 12.4. The van der Waals surface area contributed by atoms with Gasteiger partial charge in [0.05, 0.1) is 0 Å². The van der Waals surface area contributed by atoms with Gasteiger partial charge in [0.25, 0.3) is 0 Å². The van der Waals surface area contributed by atoms with E-state index in [0.717, 1.165) is 52.0 Å². The van der Waals surface area contributed by atoms with E-state index in [4.69, 9.17) is 0 Å². The van der Waals surface area contributed by atoms with Gasteiger partial charge in [0.1, 0.15) is 0 Å². The van der Waals surface area contributed by atoms with Crippen molar-refractivity contribution in [3.63, 3.8) is 0 Å². The average molecular weight is 400 g/mol. The molecule has 7 heteroatoms. The van der Waals surface area contributed by atoms with Gasteiger partial charge in [0.2, 0.25) is 11.8 Å². The Morgan fingerprint density at radius 2 is 1.85 bits per heavy atom. The van der Waals surface area contributed by atoms with Crippen LogP contribution in [-0.2, 0) is 22.6 Å². The first kappa shape index (κ1) is 21.2. The molecule has 0 radical (unpaired) electrons. The molecule has 3 rings (SSSR count). The quantitative estimate of drug-likeness (QED) is 0.800. The van der Waals surface area contributed by atoms with Crippen molar-refractivity contribution in [3.8, 4) is 0 Å². The first-order valence-corrected chi connectivity index (χ1v) is 10.4. The molecular formula is C19H30ClN3O2S. The standard InChI is InChI=1S/C19H29N3O2S.ClH/c1-2-20-13-15-5-9-21(10-6-15)18(23)3-4-19(24)22-11-7-17-16(14-22)8-12-25-17;/h8,12,15,20H,2-7,9-11,13-14H2,1H3;1H. The number of piperidine rings is 1. The van der Waals surface area contributed by atoms with Crippen molar-refractivity contribution in [2.45, 2.75) is 45.6 Å². The van der Waals surface area contributed by atoms with Gasteiger partial charge in [0, 0.05) is 43.9 Å². The van der Waals surface area contributed by atoms with E-state index in [1.165, 1.54) is 10.4 Å². The molecule has 0 atom stereocenters. The SMILES string of the molecule is CCNCC1CCN(C(=O)CCC(=O)N2CCc3sccc3C2)CC1.Cl. The van der Waals surface area contributed by atoms with Crippen LogP contribution in [0.4, 0.5) is 0 Å². The van der Waals surface area contributed by atoms with Crippen molar-refractivity contribution in [1.82, 2.24) is 15.1 Å². The van der Waals surface area contributed by atoms with E-state index in [9.17, 15) is 9.59 Å². The normalized spacial score (nSPS) is 17.6. The van der Waals surface area contributed by atoms with E-state index in [1.807, 2.05) is 9.80 Å². The highest BCUT2D eigenvalue weighted by Gasteiger charge is 2.25. The molecule has 0 bridgehead atoms. The summed E-state index contributed by atoms with van der Waals surface area (Å²) in [4.78, 5) is 30.1. The van der Waals surface area contributed by atoms with E-state index >= 15 is 0 Å². The third kappa shape index (κ3) is 5.44. The van der Waals surface area contributed by atoms with Crippen molar-refractivity contribution in [1.29, 1.82) is 0 Å². The summed E-state index contributed by atoms with van der Waals surface area (Å²) >= 11 is 1.78. The first-order valence-electron chi connectivity index (χ1n) is 9.49. The van der Waals surface area contributed by atoms with E-state index in [1.54, 1.807) is 11.3 Å². The molecular weight excluding hydrogens is 370 g/mol. The van der Waals surface area contributed by atoms with E-state index in [-0.39, 0.29) is 24.2 Å². The van der Waals surface area contributed by atoms with Crippen molar-refractivity contribution < 1.29 is 9.59 Å². The number of thiophene rings is 1. The molecule has 2 amide bonds. The van der Waals surface area contributed by atoms with Gasteiger partial charge in [-0.15, -0.1) is 23.7 Å². The van der Waals surface area contributed by atoms with Gasteiger partial charge >= 0.3 is 0 Å². The van der Waals surface area contributed by atoms with Crippen molar-refractivity contribution in [2.24, 2.45) is 5.92 Å². The van der Waals surface area contributed by atoms with Gasteiger partial charge in [-0.05, 0) is 55.3 Å². The largest absolute Gasteiger partial charge is 0.343 e. The number of carbonyl (C=O) groups is 2. The Kier molecular flexibility index (Phi) is 8.38.